The van der Waals surface area contributed by atoms with E-state index in [1.807, 2.05) is 0 Å². The Labute approximate surface area is 244 Å². The number of pyridine rings is 1. The number of nitrogens with one attached hydrogen (secondary N) is 1. The van der Waals surface area contributed by atoms with Crippen molar-refractivity contribution in [3.05, 3.63) is 65.9 Å². The number of carbonyl (C=O) groups excluding carboxylic acids is 1. The molecule has 4 rings (SSSR count). The molecule has 0 atom stereocenters. The van der Waals surface area contributed by atoms with Crippen molar-refractivity contribution in [1.29, 1.82) is 0 Å². The maximum atomic E-state index is 13.4. The lowest BCUT2D eigenvalue weighted by Gasteiger charge is -2.32. The van der Waals surface area contributed by atoms with E-state index in [4.69, 9.17) is 0 Å². The number of likely N-dealkylation sites (N-methyl/N-ethyl adjacent to an activating group) is 1. The van der Waals surface area contributed by atoms with E-state index in [1.165, 1.54) is 12.1 Å². The van der Waals surface area contributed by atoms with Gasteiger partial charge in [-0.05, 0) is 63.0 Å². The minimum atomic E-state index is -5.58. The first-order chi connectivity index (χ1) is 20.2. The van der Waals surface area contributed by atoms with Gasteiger partial charge < -0.3 is 20.0 Å². The van der Waals surface area contributed by atoms with E-state index in [-0.39, 0.29) is 16.5 Å². The molecule has 0 saturated carbocycles. The number of piperazine rings is 1. The fourth-order valence-electron chi connectivity index (χ4n) is 4.40. The van der Waals surface area contributed by atoms with Crippen LogP contribution in [-0.4, -0.2) is 81.7 Å². The summed E-state index contributed by atoms with van der Waals surface area (Å²) in [5.74, 6) is -2.85. The minimum absolute atomic E-state index is 0.107. The molecular formula is C27H29F6N5O4S. The van der Waals surface area contributed by atoms with Crippen LogP contribution >= 0.6 is 0 Å². The van der Waals surface area contributed by atoms with Crippen molar-refractivity contribution < 1.29 is 44.4 Å². The van der Waals surface area contributed by atoms with E-state index in [2.05, 4.69) is 32.0 Å². The molecule has 2 heterocycles. The molecule has 0 amide bonds. The Morgan fingerprint density at radius 3 is 2.28 bits per heavy atom. The highest BCUT2D eigenvalue weighted by molar-refractivity contribution is 7.92. The molecule has 9 nitrogen and oxygen atoms in total. The van der Waals surface area contributed by atoms with Gasteiger partial charge in [0, 0.05) is 38.1 Å². The largest absolute Gasteiger partial charge is 0.493 e. The van der Waals surface area contributed by atoms with Gasteiger partial charge in [-0.25, -0.2) is 9.78 Å². The molecule has 1 aliphatic rings. The summed E-state index contributed by atoms with van der Waals surface area (Å²) in [5, 5.41) is 3.54. The lowest BCUT2D eigenvalue weighted by atomic mass is 10.1. The van der Waals surface area contributed by atoms with Gasteiger partial charge >= 0.3 is 18.3 Å². The average Bonchev–Trinajstić information content (AvgIpc) is 2.95. The number of sulfonamides is 1. The molecule has 16 heteroatoms. The topological polar surface area (TPSA) is 95.1 Å². The number of rotatable bonds is 10. The Bertz CT molecular complexity index is 1530. The molecule has 3 aromatic rings. The van der Waals surface area contributed by atoms with Crippen LogP contribution in [-0.2, 0) is 32.4 Å². The van der Waals surface area contributed by atoms with Gasteiger partial charge in [0.15, 0.2) is 0 Å². The van der Waals surface area contributed by atoms with Crippen LogP contribution in [0.2, 0.25) is 0 Å². The fraction of sp³-hybridized carbons (Fsp3) is 0.407. The molecule has 1 N–H and O–H groups in total. The van der Waals surface area contributed by atoms with Gasteiger partial charge in [0.1, 0.15) is 5.69 Å². The molecule has 0 radical (unpaired) electrons. The quantitative estimate of drug-likeness (QED) is 0.202. The number of nitrogens with zero attached hydrogens (tertiary/aromatic N) is 4. The third-order valence-electron chi connectivity index (χ3n) is 6.78. The second-order valence-corrected chi connectivity index (χ2v) is 11.7. The van der Waals surface area contributed by atoms with Crippen LogP contribution in [0.5, 0.6) is 0 Å². The highest BCUT2D eigenvalue weighted by Crippen LogP contribution is 2.34. The van der Waals surface area contributed by atoms with Gasteiger partial charge in [0.25, 0.3) is 10.0 Å². The summed E-state index contributed by atoms with van der Waals surface area (Å²) >= 11 is 0. The first kappa shape index (κ1) is 32.4. The summed E-state index contributed by atoms with van der Waals surface area (Å²) in [4.78, 5) is 24.3. The predicted molar refractivity (Wildman–Crippen MR) is 145 cm³/mol. The average molecular weight is 634 g/mol. The second kappa shape index (κ2) is 13.0. The number of hydrogen-bond donors (Lipinski definition) is 1. The summed E-state index contributed by atoms with van der Waals surface area (Å²) in [7, 11) is -3.08. The molecule has 234 valence electrons. The van der Waals surface area contributed by atoms with E-state index in [0.717, 1.165) is 45.2 Å². The van der Waals surface area contributed by atoms with E-state index < -0.39 is 44.5 Å². The number of alkyl halides is 6. The number of hydrogen-bond acceptors (Lipinski definition) is 8. The smallest absolute Gasteiger partial charge is 0.316 e. The number of aromatic nitrogens is 1. The standard InChI is InChI=1S/C27H29F6N5O4S/c1-36-14-16-37(17-15-36)13-3-12-34-18-21-9-6-19-4-2-5-23(24(19)35-21)38(42-25(39)27(31,32)33)43(40,41)22-10-7-20(8-11-22)26(28,29)30/h2,4-11,34H,3,12-18H2,1H3. The highest BCUT2D eigenvalue weighted by Gasteiger charge is 2.45. The zero-order chi connectivity index (χ0) is 31.4. The van der Waals surface area contributed by atoms with E-state index in [9.17, 15) is 39.6 Å². The van der Waals surface area contributed by atoms with Gasteiger partial charge in [0.2, 0.25) is 0 Å². The number of fused-ring (bicyclic) bond motifs is 1. The van der Waals surface area contributed by atoms with Crippen molar-refractivity contribution in [2.75, 3.05) is 50.8 Å². The van der Waals surface area contributed by atoms with Crippen LogP contribution in [0.15, 0.2) is 59.5 Å². The Hall–Kier alpha value is -3.47. The summed E-state index contributed by atoms with van der Waals surface area (Å²) in [6.45, 7) is 5.76. The van der Waals surface area contributed by atoms with E-state index in [1.54, 1.807) is 12.1 Å². The van der Waals surface area contributed by atoms with E-state index in [0.29, 0.717) is 41.9 Å². The molecule has 0 bridgehead atoms. The Morgan fingerprint density at radius 2 is 1.65 bits per heavy atom. The van der Waals surface area contributed by atoms with Gasteiger partial charge in [-0.3, -0.25) is 0 Å². The molecule has 0 aliphatic carbocycles. The van der Waals surface area contributed by atoms with Crippen molar-refractivity contribution in [2.45, 2.75) is 30.2 Å². The zero-order valence-corrected chi connectivity index (χ0v) is 23.8. The van der Waals surface area contributed by atoms with E-state index >= 15 is 0 Å². The first-order valence-electron chi connectivity index (χ1n) is 13.2. The van der Waals surface area contributed by atoms with Crippen LogP contribution in [0.4, 0.5) is 32.0 Å². The highest BCUT2D eigenvalue weighted by atomic mass is 32.2. The SMILES string of the molecule is CN1CCN(CCCNCc2ccc3cccc(N(OC(=O)C(F)(F)F)S(=O)(=O)c4ccc(C(F)(F)F)cc4)c3n2)CC1. The number of carbonyl (C=O) groups is 1. The van der Waals surface area contributed by atoms with Crippen molar-refractivity contribution in [1.82, 2.24) is 20.1 Å². The third kappa shape index (κ3) is 8.13. The molecule has 43 heavy (non-hydrogen) atoms. The van der Waals surface area contributed by atoms with Crippen molar-refractivity contribution in [3.63, 3.8) is 0 Å². The molecule has 1 saturated heterocycles. The second-order valence-electron chi connectivity index (χ2n) is 9.96. The Kier molecular flexibility index (Phi) is 9.83. The van der Waals surface area contributed by atoms with Gasteiger partial charge in [-0.2, -0.15) is 34.8 Å². The van der Waals surface area contributed by atoms with Gasteiger partial charge in [-0.1, -0.05) is 22.7 Å². The summed E-state index contributed by atoms with van der Waals surface area (Å²) in [6, 6.07) is 9.15. The predicted octanol–water partition coefficient (Wildman–Crippen LogP) is 4.20. The molecule has 1 aromatic heterocycles. The van der Waals surface area contributed by atoms with Gasteiger partial charge in [-0.15, -0.1) is 0 Å². The van der Waals surface area contributed by atoms with Crippen molar-refractivity contribution in [2.24, 2.45) is 0 Å². The number of halogens is 6. The lowest BCUT2D eigenvalue weighted by molar-refractivity contribution is -0.199. The van der Waals surface area contributed by atoms with Crippen molar-refractivity contribution >= 4 is 32.6 Å². The summed E-state index contributed by atoms with van der Waals surface area (Å²) in [5.41, 5.74) is -1.40. The summed E-state index contributed by atoms with van der Waals surface area (Å²) in [6.07, 6.45) is -9.51. The Morgan fingerprint density at radius 1 is 0.977 bits per heavy atom. The molecule has 0 spiro atoms. The maximum absolute atomic E-state index is 13.4. The number of para-hydroxylation sites is 1. The van der Waals surface area contributed by atoms with Gasteiger partial charge in [0.05, 0.1) is 21.7 Å². The van der Waals surface area contributed by atoms with Crippen LogP contribution < -0.4 is 9.79 Å². The number of benzene rings is 2. The Balaban J connectivity index is 1.59. The maximum Gasteiger partial charge on any atom is 0.493 e. The summed E-state index contributed by atoms with van der Waals surface area (Å²) < 4.78 is 105. The van der Waals surface area contributed by atoms with Crippen LogP contribution in [0.25, 0.3) is 10.9 Å². The normalized spacial score (nSPS) is 15.5. The molecule has 1 aliphatic heterocycles. The van der Waals surface area contributed by atoms with Crippen LogP contribution in [0.1, 0.15) is 17.7 Å². The van der Waals surface area contributed by atoms with Crippen LogP contribution in [0, 0.1) is 0 Å². The molecule has 1 fully saturated rings. The molecule has 2 aromatic carbocycles. The number of anilines is 1. The van der Waals surface area contributed by atoms with Crippen LogP contribution in [0.3, 0.4) is 0 Å². The monoisotopic (exact) mass is 633 g/mol. The lowest BCUT2D eigenvalue weighted by Crippen LogP contribution is -2.45. The minimum Gasteiger partial charge on any atom is -0.316 e. The first-order valence-corrected chi connectivity index (χ1v) is 14.6. The third-order valence-corrected chi connectivity index (χ3v) is 8.35. The van der Waals surface area contributed by atoms with Crippen molar-refractivity contribution in [3.8, 4) is 0 Å². The molecule has 0 unspecified atom stereocenters. The zero-order valence-electron chi connectivity index (χ0n) is 23.0. The molecular weight excluding hydrogens is 604 g/mol. The fourth-order valence-corrected chi connectivity index (χ4v) is 5.64.